The standard InChI is InChI=1S/C9H12N2O2/c1-5-3-7(5)11-9(12)8-6(2)4-10-13-8/h4-5,7H,3H2,1-2H3,(H,11,12)/t5-,7-/m1/s1. The lowest BCUT2D eigenvalue weighted by molar-refractivity contribution is 0.0911. The molecular formula is C9H12N2O2. The van der Waals surface area contributed by atoms with Crippen molar-refractivity contribution in [3.05, 3.63) is 17.5 Å². The molecule has 2 rings (SSSR count). The summed E-state index contributed by atoms with van der Waals surface area (Å²) < 4.78 is 4.83. The zero-order valence-electron chi connectivity index (χ0n) is 7.70. The molecule has 1 fully saturated rings. The van der Waals surface area contributed by atoms with Crippen LogP contribution in [-0.4, -0.2) is 17.1 Å². The number of carbonyl (C=O) groups is 1. The maximum Gasteiger partial charge on any atom is 0.290 e. The smallest absolute Gasteiger partial charge is 0.290 e. The summed E-state index contributed by atoms with van der Waals surface area (Å²) >= 11 is 0. The van der Waals surface area contributed by atoms with Crippen LogP contribution in [0.25, 0.3) is 0 Å². The normalized spacial score (nSPS) is 25.7. The minimum Gasteiger partial charge on any atom is -0.351 e. The molecule has 0 aromatic carbocycles. The van der Waals surface area contributed by atoms with Crippen LogP contribution in [-0.2, 0) is 0 Å². The van der Waals surface area contributed by atoms with Gasteiger partial charge in [-0.1, -0.05) is 12.1 Å². The number of rotatable bonds is 2. The molecule has 0 aliphatic heterocycles. The molecule has 0 unspecified atom stereocenters. The van der Waals surface area contributed by atoms with Crippen LogP contribution in [0.5, 0.6) is 0 Å². The number of nitrogens with one attached hydrogen (secondary N) is 1. The molecule has 0 radical (unpaired) electrons. The molecule has 1 saturated carbocycles. The van der Waals surface area contributed by atoms with Crippen molar-refractivity contribution in [1.82, 2.24) is 10.5 Å². The summed E-state index contributed by atoms with van der Waals surface area (Å²) in [6.07, 6.45) is 2.62. The van der Waals surface area contributed by atoms with Crippen molar-refractivity contribution in [3.8, 4) is 0 Å². The maximum absolute atomic E-state index is 11.5. The first-order valence-corrected chi connectivity index (χ1v) is 4.40. The van der Waals surface area contributed by atoms with E-state index in [2.05, 4.69) is 17.4 Å². The summed E-state index contributed by atoms with van der Waals surface area (Å²) in [5.41, 5.74) is 0.783. The highest BCUT2D eigenvalue weighted by molar-refractivity contribution is 5.92. The molecule has 1 amide bonds. The summed E-state index contributed by atoms with van der Waals surface area (Å²) in [4.78, 5) is 11.5. The molecule has 1 heterocycles. The first kappa shape index (κ1) is 8.29. The van der Waals surface area contributed by atoms with Crippen LogP contribution in [0, 0.1) is 12.8 Å². The van der Waals surface area contributed by atoms with E-state index < -0.39 is 0 Å². The van der Waals surface area contributed by atoms with E-state index >= 15 is 0 Å². The number of hydrogen-bond donors (Lipinski definition) is 1. The van der Waals surface area contributed by atoms with Gasteiger partial charge in [-0.3, -0.25) is 4.79 Å². The second-order valence-electron chi connectivity index (χ2n) is 3.63. The van der Waals surface area contributed by atoms with Gasteiger partial charge in [-0.25, -0.2) is 0 Å². The highest BCUT2D eigenvalue weighted by Gasteiger charge is 2.34. The van der Waals surface area contributed by atoms with E-state index in [4.69, 9.17) is 4.52 Å². The van der Waals surface area contributed by atoms with Crippen molar-refractivity contribution in [2.45, 2.75) is 26.3 Å². The van der Waals surface area contributed by atoms with Crippen LogP contribution >= 0.6 is 0 Å². The fourth-order valence-corrected chi connectivity index (χ4v) is 1.27. The van der Waals surface area contributed by atoms with Gasteiger partial charge in [0, 0.05) is 11.6 Å². The highest BCUT2D eigenvalue weighted by Crippen LogP contribution is 2.29. The molecule has 1 aromatic rings. The Labute approximate surface area is 76.3 Å². The average molecular weight is 180 g/mol. The quantitative estimate of drug-likeness (QED) is 0.742. The number of nitrogens with zero attached hydrogens (tertiary/aromatic N) is 1. The largest absolute Gasteiger partial charge is 0.351 e. The topological polar surface area (TPSA) is 55.1 Å². The van der Waals surface area contributed by atoms with Gasteiger partial charge in [-0.15, -0.1) is 0 Å². The Morgan fingerprint density at radius 3 is 2.92 bits per heavy atom. The first-order valence-electron chi connectivity index (χ1n) is 4.40. The van der Waals surface area contributed by atoms with E-state index in [1.54, 1.807) is 6.20 Å². The molecule has 1 N–H and O–H groups in total. The van der Waals surface area contributed by atoms with Gasteiger partial charge in [-0.2, -0.15) is 0 Å². The van der Waals surface area contributed by atoms with Crippen molar-refractivity contribution < 1.29 is 9.32 Å². The molecule has 2 atom stereocenters. The van der Waals surface area contributed by atoms with E-state index in [1.807, 2.05) is 6.92 Å². The Hall–Kier alpha value is -1.32. The van der Waals surface area contributed by atoms with Crippen molar-refractivity contribution in [1.29, 1.82) is 0 Å². The third-order valence-electron chi connectivity index (χ3n) is 2.38. The summed E-state index contributed by atoms with van der Waals surface area (Å²) in [6, 6.07) is 0.331. The molecule has 1 aromatic heterocycles. The SMILES string of the molecule is Cc1cnoc1C(=O)N[C@@H]1C[C@H]1C. The van der Waals surface area contributed by atoms with E-state index in [9.17, 15) is 4.79 Å². The van der Waals surface area contributed by atoms with Gasteiger partial charge in [0.15, 0.2) is 0 Å². The van der Waals surface area contributed by atoms with Crippen molar-refractivity contribution >= 4 is 5.91 Å². The highest BCUT2D eigenvalue weighted by atomic mass is 16.5. The van der Waals surface area contributed by atoms with Crippen LogP contribution in [0.4, 0.5) is 0 Å². The first-order chi connectivity index (χ1) is 6.18. The summed E-state index contributed by atoms with van der Waals surface area (Å²) in [5.74, 6) is 0.788. The second-order valence-corrected chi connectivity index (χ2v) is 3.63. The lowest BCUT2D eigenvalue weighted by atomic mass is 10.3. The number of aryl methyl sites for hydroxylation is 1. The Bertz CT molecular complexity index is 332. The fourth-order valence-electron chi connectivity index (χ4n) is 1.27. The molecule has 0 saturated heterocycles. The van der Waals surface area contributed by atoms with E-state index in [0.29, 0.717) is 17.7 Å². The van der Waals surface area contributed by atoms with Crippen LogP contribution < -0.4 is 5.32 Å². The van der Waals surface area contributed by atoms with Crippen molar-refractivity contribution in [2.75, 3.05) is 0 Å². The minimum atomic E-state index is -0.149. The van der Waals surface area contributed by atoms with Gasteiger partial charge < -0.3 is 9.84 Å². The van der Waals surface area contributed by atoms with Crippen LogP contribution in [0.2, 0.25) is 0 Å². The number of aromatic nitrogens is 1. The summed E-state index contributed by atoms with van der Waals surface area (Å²) in [6.45, 7) is 3.92. The van der Waals surface area contributed by atoms with Crippen LogP contribution in [0.1, 0.15) is 29.5 Å². The van der Waals surface area contributed by atoms with Gasteiger partial charge in [0.2, 0.25) is 5.76 Å². The number of hydrogen-bond acceptors (Lipinski definition) is 3. The number of amides is 1. The van der Waals surface area contributed by atoms with E-state index in [-0.39, 0.29) is 5.91 Å². The summed E-state index contributed by atoms with van der Waals surface area (Å²) in [7, 11) is 0. The Balaban J connectivity index is 2.01. The van der Waals surface area contributed by atoms with Gasteiger partial charge in [0.25, 0.3) is 5.91 Å². The minimum absolute atomic E-state index is 0.149. The van der Waals surface area contributed by atoms with E-state index in [1.165, 1.54) is 0 Å². The average Bonchev–Trinajstić information content (AvgIpc) is 2.62. The molecule has 1 aliphatic carbocycles. The lowest BCUT2D eigenvalue weighted by Crippen LogP contribution is -2.26. The maximum atomic E-state index is 11.5. The molecule has 0 spiro atoms. The molecule has 1 aliphatic rings. The molecule has 13 heavy (non-hydrogen) atoms. The van der Waals surface area contributed by atoms with E-state index in [0.717, 1.165) is 12.0 Å². The van der Waals surface area contributed by atoms with Gasteiger partial charge in [0.1, 0.15) is 0 Å². The molecule has 4 heteroatoms. The van der Waals surface area contributed by atoms with Crippen molar-refractivity contribution in [2.24, 2.45) is 5.92 Å². The van der Waals surface area contributed by atoms with Crippen LogP contribution in [0.15, 0.2) is 10.7 Å². The molecular weight excluding hydrogens is 168 g/mol. The van der Waals surface area contributed by atoms with Crippen LogP contribution in [0.3, 0.4) is 0 Å². The zero-order valence-corrected chi connectivity index (χ0v) is 7.70. The lowest BCUT2D eigenvalue weighted by Gasteiger charge is -1.99. The predicted octanol–water partition coefficient (Wildman–Crippen LogP) is 1.12. The number of carbonyl (C=O) groups excluding carboxylic acids is 1. The molecule has 0 bridgehead atoms. The van der Waals surface area contributed by atoms with Gasteiger partial charge in [0.05, 0.1) is 6.20 Å². The second kappa shape index (κ2) is 2.87. The Morgan fingerprint density at radius 2 is 2.46 bits per heavy atom. The monoisotopic (exact) mass is 180 g/mol. The predicted molar refractivity (Wildman–Crippen MR) is 46.3 cm³/mol. The van der Waals surface area contributed by atoms with Gasteiger partial charge in [-0.05, 0) is 19.3 Å². The molecule has 70 valence electrons. The third kappa shape index (κ3) is 1.56. The molecule has 4 nitrogen and oxygen atoms in total. The Morgan fingerprint density at radius 1 is 1.77 bits per heavy atom. The summed E-state index contributed by atoms with van der Waals surface area (Å²) in [5, 5.41) is 6.43. The Kier molecular flexibility index (Phi) is 1.83. The fraction of sp³-hybridized carbons (Fsp3) is 0.556. The van der Waals surface area contributed by atoms with Gasteiger partial charge >= 0.3 is 0 Å². The van der Waals surface area contributed by atoms with Crippen molar-refractivity contribution in [3.63, 3.8) is 0 Å². The zero-order chi connectivity index (χ0) is 9.42. The third-order valence-corrected chi connectivity index (χ3v) is 2.38.